The molecule has 1 unspecified atom stereocenters. The molecule has 1 aromatic rings. The van der Waals surface area contributed by atoms with Crippen molar-refractivity contribution in [3.05, 3.63) is 29.8 Å². The van der Waals surface area contributed by atoms with Crippen LogP contribution in [-0.2, 0) is 11.2 Å². The maximum Gasteiger partial charge on any atom is 0.240 e. The van der Waals surface area contributed by atoms with Gasteiger partial charge in [-0.05, 0) is 30.9 Å². The molecule has 0 N–H and O–H groups in total. The Kier molecular flexibility index (Phi) is 3.64. The van der Waals surface area contributed by atoms with Gasteiger partial charge >= 0.3 is 0 Å². The van der Waals surface area contributed by atoms with Crippen LogP contribution in [-0.4, -0.2) is 17.3 Å². The second-order valence-electron chi connectivity index (χ2n) is 4.10. The molecular formula is C13H16BrNO. The summed E-state index contributed by atoms with van der Waals surface area (Å²) in [6.07, 6.45) is 2.97. The molecule has 3 heteroatoms. The quantitative estimate of drug-likeness (QED) is 0.763. The van der Waals surface area contributed by atoms with Crippen LogP contribution in [0.15, 0.2) is 24.3 Å². The van der Waals surface area contributed by atoms with Gasteiger partial charge in [-0.15, -0.1) is 0 Å². The topological polar surface area (TPSA) is 20.3 Å². The van der Waals surface area contributed by atoms with E-state index < -0.39 is 0 Å². The van der Waals surface area contributed by atoms with E-state index >= 15 is 0 Å². The number of hydrogen-bond donors (Lipinski definition) is 0. The number of alkyl halides is 1. The maximum absolute atomic E-state index is 12.2. The Balaban J connectivity index is 2.28. The van der Waals surface area contributed by atoms with Gasteiger partial charge in [-0.3, -0.25) is 4.79 Å². The normalized spacial score (nSPS) is 16.8. The molecule has 86 valence electrons. The van der Waals surface area contributed by atoms with E-state index in [1.54, 1.807) is 0 Å². The summed E-state index contributed by atoms with van der Waals surface area (Å²) >= 11 is 3.44. The van der Waals surface area contributed by atoms with E-state index in [1.807, 2.05) is 30.0 Å². The van der Waals surface area contributed by atoms with Crippen molar-refractivity contribution in [2.45, 2.75) is 31.0 Å². The highest BCUT2D eigenvalue weighted by atomic mass is 79.9. The molecule has 2 nitrogen and oxygen atoms in total. The summed E-state index contributed by atoms with van der Waals surface area (Å²) in [5.74, 6) is 0.189. The molecular weight excluding hydrogens is 266 g/mol. The number of hydrogen-bond acceptors (Lipinski definition) is 1. The van der Waals surface area contributed by atoms with E-state index in [-0.39, 0.29) is 10.7 Å². The smallest absolute Gasteiger partial charge is 0.240 e. The lowest BCUT2D eigenvalue weighted by Crippen LogP contribution is -2.39. The third-order valence-corrected chi connectivity index (χ3v) is 4.04. The Morgan fingerprint density at radius 3 is 3.00 bits per heavy atom. The largest absolute Gasteiger partial charge is 0.311 e. The van der Waals surface area contributed by atoms with Crippen molar-refractivity contribution < 1.29 is 4.79 Å². The molecule has 1 heterocycles. The first-order valence-electron chi connectivity index (χ1n) is 5.77. The first-order valence-corrected chi connectivity index (χ1v) is 6.69. The molecule has 1 atom stereocenters. The second-order valence-corrected chi connectivity index (χ2v) is 5.20. The molecule has 0 aliphatic carbocycles. The average molecular weight is 282 g/mol. The minimum Gasteiger partial charge on any atom is -0.311 e. The van der Waals surface area contributed by atoms with Crippen molar-refractivity contribution in [3.63, 3.8) is 0 Å². The van der Waals surface area contributed by atoms with Crippen molar-refractivity contribution >= 4 is 27.5 Å². The van der Waals surface area contributed by atoms with E-state index in [1.165, 1.54) is 5.56 Å². The van der Waals surface area contributed by atoms with Gasteiger partial charge < -0.3 is 4.90 Å². The highest BCUT2D eigenvalue weighted by Crippen LogP contribution is 2.28. The Morgan fingerprint density at radius 2 is 2.25 bits per heavy atom. The average Bonchev–Trinajstić information content (AvgIpc) is 2.36. The molecule has 0 radical (unpaired) electrons. The third-order valence-electron chi connectivity index (χ3n) is 3.00. The van der Waals surface area contributed by atoms with Crippen LogP contribution in [0.4, 0.5) is 5.69 Å². The number of anilines is 1. The number of amides is 1. The first-order chi connectivity index (χ1) is 7.74. The van der Waals surface area contributed by atoms with Gasteiger partial charge in [0.2, 0.25) is 5.91 Å². The van der Waals surface area contributed by atoms with Crippen LogP contribution in [0.1, 0.15) is 25.3 Å². The Morgan fingerprint density at radius 1 is 1.50 bits per heavy atom. The van der Waals surface area contributed by atoms with E-state index in [9.17, 15) is 4.79 Å². The van der Waals surface area contributed by atoms with E-state index in [0.717, 1.165) is 31.5 Å². The Hall–Kier alpha value is -0.830. The zero-order valence-corrected chi connectivity index (χ0v) is 11.0. The van der Waals surface area contributed by atoms with Crippen LogP contribution in [0.3, 0.4) is 0 Å². The summed E-state index contributed by atoms with van der Waals surface area (Å²) in [7, 11) is 0. The molecule has 0 spiro atoms. The number of fused-ring (bicyclic) bond motifs is 1. The zero-order valence-electron chi connectivity index (χ0n) is 9.45. The Labute approximate surface area is 105 Å². The number of carbonyl (C=O) groups excluding carboxylic acids is 1. The summed E-state index contributed by atoms with van der Waals surface area (Å²) in [6, 6.07) is 8.20. The summed E-state index contributed by atoms with van der Waals surface area (Å²) in [5.41, 5.74) is 2.38. The lowest BCUT2D eigenvalue weighted by atomic mass is 10.0. The summed E-state index contributed by atoms with van der Waals surface area (Å²) < 4.78 is 0. The molecule has 2 rings (SSSR count). The number of para-hydroxylation sites is 1. The number of aryl methyl sites for hydroxylation is 1. The molecule has 0 aromatic heterocycles. The monoisotopic (exact) mass is 281 g/mol. The fourth-order valence-corrected chi connectivity index (χ4v) is 2.35. The molecule has 0 fully saturated rings. The zero-order chi connectivity index (χ0) is 11.5. The molecule has 1 aliphatic rings. The summed E-state index contributed by atoms with van der Waals surface area (Å²) in [4.78, 5) is 14.0. The Bertz CT molecular complexity index is 391. The van der Waals surface area contributed by atoms with Crippen LogP contribution in [0.2, 0.25) is 0 Å². The van der Waals surface area contributed by atoms with Crippen molar-refractivity contribution in [1.29, 1.82) is 0 Å². The van der Waals surface area contributed by atoms with Crippen molar-refractivity contribution in [1.82, 2.24) is 0 Å². The van der Waals surface area contributed by atoms with Gasteiger partial charge in [0.1, 0.15) is 0 Å². The number of nitrogens with zero attached hydrogens (tertiary/aromatic N) is 1. The predicted molar refractivity (Wildman–Crippen MR) is 70.1 cm³/mol. The van der Waals surface area contributed by atoms with Gasteiger partial charge in [-0.2, -0.15) is 0 Å². The highest BCUT2D eigenvalue weighted by molar-refractivity contribution is 9.10. The predicted octanol–water partition coefficient (Wildman–Crippen LogP) is 3.14. The van der Waals surface area contributed by atoms with Gasteiger partial charge in [0, 0.05) is 12.2 Å². The molecule has 0 saturated heterocycles. The van der Waals surface area contributed by atoms with Gasteiger partial charge in [-0.1, -0.05) is 41.1 Å². The lowest BCUT2D eigenvalue weighted by molar-refractivity contribution is -0.118. The van der Waals surface area contributed by atoms with Gasteiger partial charge in [0.15, 0.2) is 0 Å². The number of benzene rings is 1. The highest BCUT2D eigenvalue weighted by Gasteiger charge is 2.25. The standard InChI is InChI=1S/C13H16BrNO/c1-2-11(14)13(16)15-9-5-7-10-6-3-4-8-12(10)15/h3-4,6,8,11H,2,5,7,9H2,1H3. The molecule has 0 saturated carbocycles. The van der Waals surface area contributed by atoms with Gasteiger partial charge in [0.05, 0.1) is 4.83 Å². The third kappa shape index (κ3) is 2.14. The van der Waals surface area contributed by atoms with Crippen molar-refractivity contribution in [2.75, 3.05) is 11.4 Å². The minimum absolute atomic E-state index is 0.0568. The van der Waals surface area contributed by atoms with E-state index in [4.69, 9.17) is 0 Å². The summed E-state index contributed by atoms with van der Waals surface area (Å²) in [6.45, 7) is 2.87. The number of halogens is 1. The molecule has 16 heavy (non-hydrogen) atoms. The fraction of sp³-hybridized carbons (Fsp3) is 0.462. The molecule has 1 aromatic carbocycles. The SMILES string of the molecule is CCC(Br)C(=O)N1CCCc2ccccc21. The molecule has 0 bridgehead atoms. The van der Waals surface area contributed by atoms with E-state index in [2.05, 4.69) is 22.0 Å². The van der Waals surface area contributed by atoms with Crippen molar-refractivity contribution in [2.24, 2.45) is 0 Å². The summed E-state index contributed by atoms with van der Waals surface area (Å²) in [5, 5.41) is 0. The first kappa shape index (κ1) is 11.6. The van der Waals surface area contributed by atoms with Crippen LogP contribution in [0, 0.1) is 0 Å². The van der Waals surface area contributed by atoms with Crippen LogP contribution < -0.4 is 4.90 Å². The van der Waals surface area contributed by atoms with Crippen molar-refractivity contribution in [3.8, 4) is 0 Å². The van der Waals surface area contributed by atoms with Crippen LogP contribution >= 0.6 is 15.9 Å². The lowest BCUT2D eigenvalue weighted by Gasteiger charge is -2.30. The molecule has 1 amide bonds. The number of carbonyl (C=O) groups is 1. The van der Waals surface area contributed by atoms with Gasteiger partial charge in [-0.25, -0.2) is 0 Å². The fourth-order valence-electron chi connectivity index (χ4n) is 2.11. The number of rotatable bonds is 2. The van der Waals surface area contributed by atoms with Gasteiger partial charge in [0.25, 0.3) is 0 Å². The minimum atomic E-state index is -0.0568. The van der Waals surface area contributed by atoms with Crippen LogP contribution in [0.25, 0.3) is 0 Å². The van der Waals surface area contributed by atoms with E-state index in [0.29, 0.717) is 0 Å². The second kappa shape index (κ2) is 5.00. The van der Waals surface area contributed by atoms with Crippen LogP contribution in [0.5, 0.6) is 0 Å². The maximum atomic E-state index is 12.2. The molecule has 1 aliphatic heterocycles.